The standard InChI is InChI=1S/C14H25N3O/c1-11(15-2)7-13-10-18-14(16-13)8-12-5-4-6-17(3)9-12/h10-12,15H,4-9H2,1-3H3. The molecule has 1 N–H and O–H groups in total. The molecule has 2 atom stereocenters. The predicted octanol–water partition coefficient (Wildman–Crippen LogP) is 1.71. The van der Waals surface area contributed by atoms with Crippen molar-refractivity contribution in [3.63, 3.8) is 0 Å². The molecule has 1 saturated heterocycles. The average Bonchev–Trinajstić information content (AvgIpc) is 2.76. The molecule has 2 rings (SSSR count). The molecular formula is C14H25N3O. The minimum atomic E-state index is 0.448. The van der Waals surface area contributed by atoms with Gasteiger partial charge in [-0.25, -0.2) is 4.98 Å². The number of likely N-dealkylation sites (N-methyl/N-ethyl adjacent to an activating group) is 1. The van der Waals surface area contributed by atoms with E-state index in [4.69, 9.17) is 4.42 Å². The first-order valence-electron chi connectivity index (χ1n) is 6.96. The highest BCUT2D eigenvalue weighted by Gasteiger charge is 2.19. The molecule has 0 aliphatic carbocycles. The molecule has 0 aromatic carbocycles. The van der Waals surface area contributed by atoms with Crippen molar-refractivity contribution >= 4 is 0 Å². The molecule has 2 unspecified atom stereocenters. The molecule has 1 fully saturated rings. The zero-order valence-electron chi connectivity index (χ0n) is 11.8. The van der Waals surface area contributed by atoms with Crippen molar-refractivity contribution in [2.75, 3.05) is 27.2 Å². The summed E-state index contributed by atoms with van der Waals surface area (Å²) in [4.78, 5) is 7.00. The van der Waals surface area contributed by atoms with Gasteiger partial charge < -0.3 is 14.6 Å². The van der Waals surface area contributed by atoms with E-state index in [1.54, 1.807) is 0 Å². The van der Waals surface area contributed by atoms with Crippen LogP contribution in [0.25, 0.3) is 0 Å². The maximum absolute atomic E-state index is 5.59. The molecule has 1 aliphatic rings. The number of rotatable bonds is 5. The molecule has 1 aromatic rings. The van der Waals surface area contributed by atoms with Crippen LogP contribution in [-0.2, 0) is 12.8 Å². The molecule has 2 heterocycles. The third-order valence-electron chi connectivity index (χ3n) is 3.79. The second-order valence-electron chi connectivity index (χ2n) is 5.60. The van der Waals surface area contributed by atoms with Crippen LogP contribution in [0.3, 0.4) is 0 Å². The monoisotopic (exact) mass is 251 g/mol. The van der Waals surface area contributed by atoms with Gasteiger partial charge in [0, 0.05) is 25.4 Å². The van der Waals surface area contributed by atoms with E-state index < -0.39 is 0 Å². The molecule has 102 valence electrons. The quantitative estimate of drug-likeness (QED) is 0.865. The number of nitrogens with zero attached hydrogens (tertiary/aromatic N) is 2. The van der Waals surface area contributed by atoms with Gasteiger partial charge in [-0.1, -0.05) is 0 Å². The van der Waals surface area contributed by atoms with Crippen LogP contribution < -0.4 is 5.32 Å². The lowest BCUT2D eigenvalue weighted by Crippen LogP contribution is -2.33. The number of hydrogen-bond acceptors (Lipinski definition) is 4. The fourth-order valence-corrected chi connectivity index (χ4v) is 2.64. The zero-order valence-corrected chi connectivity index (χ0v) is 11.8. The van der Waals surface area contributed by atoms with Crippen LogP contribution in [0.2, 0.25) is 0 Å². The van der Waals surface area contributed by atoms with Gasteiger partial charge in [0.05, 0.1) is 5.69 Å². The maximum atomic E-state index is 5.59. The van der Waals surface area contributed by atoms with Crippen LogP contribution in [-0.4, -0.2) is 43.1 Å². The second kappa shape index (κ2) is 6.34. The molecule has 0 bridgehead atoms. The van der Waals surface area contributed by atoms with Crippen molar-refractivity contribution in [3.8, 4) is 0 Å². The van der Waals surface area contributed by atoms with E-state index in [1.165, 1.54) is 25.9 Å². The Kier molecular flexibility index (Phi) is 4.78. The van der Waals surface area contributed by atoms with Gasteiger partial charge in [-0.15, -0.1) is 0 Å². The molecule has 0 spiro atoms. The van der Waals surface area contributed by atoms with Gasteiger partial charge in [0.2, 0.25) is 0 Å². The third-order valence-corrected chi connectivity index (χ3v) is 3.79. The molecule has 1 aromatic heterocycles. The number of nitrogens with one attached hydrogen (secondary N) is 1. The first kappa shape index (κ1) is 13.6. The van der Waals surface area contributed by atoms with Crippen molar-refractivity contribution in [2.45, 2.75) is 38.6 Å². The Morgan fingerprint density at radius 3 is 3.17 bits per heavy atom. The van der Waals surface area contributed by atoms with Gasteiger partial charge in [0.1, 0.15) is 6.26 Å². The van der Waals surface area contributed by atoms with Crippen molar-refractivity contribution < 1.29 is 4.42 Å². The van der Waals surface area contributed by atoms with Crippen molar-refractivity contribution in [3.05, 3.63) is 17.8 Å². The van der Waals surface area contributed by atoms with Crippen molar-refractivity contribution in [1.82, 2.24) is 15.2 Å². The van der Waals surface area contributed by atoms with Crippen LogP contribution in [0.5, 0.6) is 0 Å². The Bertz CT molecular complexity index is 364. The molecule has 0 radical (unpaired) electrons. The Labute approximate surface area is 110 Å². The highest BCUT2D eigenvalue weighted by Crippen LogP contribution is 2.19. The summed E-state index contributed by atoms with van der Waals surface area (Å²) in [5.74, 6) is 1.62. The van der Waals surface area contributed by atoms with E-state index in [0.29, 0.717) is 12.0 Å². The van der Waals surface area contributed by atoms with E-state index in [-0.39, 0.29) is 0 Å². The summed E-state index contributed by atoms with van der Waals surface area (Å²) >= 11 is 0. The van der Waals surface area contributed by atoms with Gasteiger partial charge >= 0.3 is 0 Å². The zero-order chi connectivity index (χ0) is 13.0. The molecule has 1 aliphatic heterocycles. The number of aromatic nitrogens is 1. The maximum Gasteiger partial charge on any atom is 0.194 e. The molecule has 0 saturated carbocycles. The van der Waals surface area contributed by atoms with Gasteiger partial charge in [-0.2, -0.15) is 0 Å². The molecule has 0 amide bonds. The number of likely N-dealkylation sites (tertiary alicyclic amines) is 1. The van der Waals surface area contributed by atoms with E-state index in [1.807, 2.05) is 13.3 Å². The summed E-state index contributed by atoms with van der Waals surface area (Å²) in [6, 6.07) is 0.448. The van der Waals surface area contributed by atoms with Crippen LogP contribution in [0.15, 0.2) is 10.7 Å². The minimum Gasteiger partial charge on any atom is -0.449 e. The molecule has 4 heteroatoms. The number of oxazole rings is 1. The third kappa shape index (κ3) is 3.82. The highest BCUT2D eigenvalue weighted by molar-refractivity contribution is 4.99. The SMILES string of the molecule is CNC(C)Cc1coc(CC2CCCN(C)C2)n1. The first-order chi connectivity index (χ1) is 8.67. The van der Waals surface area contributed by atoms with Gasteiger partial charge in [0.25, 0.3) is 0 Å². The largest absolute Gasteiger partial charge is 0.449 e. The topological polar surface area (TPSA) is 41.3 Å². The predicted molar refractivity (Wildman–Crippen MR) is 72.7 cm³/mol. The Morgan fingerprint density at radius 2 is 2.44 bits per heavy atom. The lowest BCUT2D eigenvalue weighted by Gasteiger charge is -2.28. The summed E-state index contributed by atoms with van der Waals surface area (Å²) in [6.45, 7) is 4.56. The summed E-state index contributed by atoms with van der Waals surface area (Å²) in [5.41, 5.74) is 1.07. The molecule has 18 heavy (non-hydrogen) atoms. The Morgan fingerprint density at radius 1 is 1.61 bits per heavy atom. The summed E-state index contributed by atoms with van der Waals surface area (Å²) in [5, 5.41) is 3.22. The molecule has 4 nitrogen and oxygen atoms in total. The van der Waals surface area contributed by atoms with Crippen LogP contribution >= 0.6 is 0 Å². The van der Waals surface area contributed by atoms with Crippen LogP contribution in [0, 0.1) is 5.92 Å². The lowest BCUT2D eigenvalue weighted by atomic mass is 9.95. The average molecular weight is 251 g/mol. The van der Waals surface area contributed by atoms with Crippen LogP contribution in [0.4, 0.5) is 0 Å². The number of piperidine rings is 1. The van der Waals surface area contributed by atoms with Crippen molar-refractivity contribution in [1.29, 1.82) is 0 Å². The van der Waals surface area contributed by atoms with E-state index in [0.717, 1.165) is 24.4 Å². The Hall–Kier alpha value is -0.870. The van der Waals surface area contributed by atoms with E-state index in [9.17, 15) is 0 Å². The second-order valence-corrected chi connectivity index (χ2v) is 5.60. The van der Waals surface area contributed by atoms with Gasteiger partial charge in [0.15, 0.2) is 5.89 Å². The summed E-state index contributed by atoms with van der Waals surface area (Å²) in [6.07, 6.45) is 6.33. The lowest BCUT2D eigenvalue weighted by molar-refractivity contribution is 0.202. The van der Waals surface area contributed by atoms with E-state index in [2.05, 4.69) is 29.2 Å². The fourth-order valence-electron chi connectivity index (χ4n) is 2.64. The Balaban J connectivity index is 1.86. The summed E-state index contributed by atoms with van der Waals surface area (Å²) < 4.78 is 5.59. The fraction of sp³-hybridized carbons (Fsp3) is 0.786. The number of hydrogen-bond donors (Lipinski definition) is 1. The normalized spacial score (nSPS) is 23.2. The molecular weight excluding hydrogens is 226 g/mol. The van der Waals surface area contributed by atoms with Crippen LogP contribution in [0.1, 0.15) is 31.4 Å². The highest BCUT2D eigenvalue weighted by atomic mass is 16.3. The first-order valence-corrected chi connectivity index (χ1v) is 6.96. The van der Waals surface area contributed by atoms with Crippen molar-refractivity contribution in [2.24, 2.45) is 5.92 Å². The van der Waals surface area contributed by atoms with Gasteiger partial charge in [-0.3, -0.25) is 0 Å². The smallest absolute Gasteiger partial charge is 0.194 e. The van der Waals surface area contributed by atoms with Gasteiger partial charge in [-0.05, 0) is 46.3 Å². The van der Waals surface area contributed by atoms with E-state index >= 15 is 0 Å². The summed E-state index contributed by atoms with van der Waals surface area (Å²) in [7, 11) is 4.17. The minimum absolute atomic E-state index is 0.448.